The van der Waals surface area contributed by atoms with E-state index >= 15 is 0 Å². The van der Waals surface area contributed by atoms with Crippen LogP contribution in [-0.2, 0) is 9.47 Å². The van der Waals surface area contributed by atoms with Crippen molar-refractivity contribution in [3.05, 3.63) is 60.8 Å². The predicted octanol–water partition coefficient (Wildman–Crippen LogP) is 3.24. The summed E-state index contributed by atoms with van der Waals surface area (Å²) in [5.41, 5.74) is 2.49. The van der Waals surface area contributed by atoms with E-state index in [2.05, 4.69) is 20.3 Å². The summed E-state index contributed by atoms with van der Waals surface area (Å²) in [6.07, 6.45) is 1.40. The predicted molar refractivity (Wildman–Crippen MR) is 97.0 cm³/mol. The molecular formula is C19H20N4O2. The van der Waals surface area contributed by atoms with E-state index in [0.717, 1.165) is 17.0 Å². The SMILES string of the molecule is COC(CNc1cc(-c2ccccn2)nc(-c2ccccc2)n1)OC. The molecule has 0 bridgehead atoms. The quantitative estimate of drug-likeness (QED) is 0.668. The van der Waals surface area contributed by atoms with E-state index in [9.17, 15) is 0 Å². The van der Waals surface area contributed by atoms with Gasteiger partial charge in [-0.1, -0.05) is 36.4 Å². The Morgan fingerprint density at radius 2 is 1.68 bits per heavy atom. The molecule has 0 amide bonds. The third-order valence-electron chi connectivity index (χ3n) is 3.66. The zero-order valence-electron chi connectivity index (χ0n) is 14.2. The molecule has 128 valence electrons. The molecule has 1 aromatic carbocycles. The smallest absolute Gasteiger partial charge is 0.173 e. The Morgan fingerprint density at radius 3 is 2.36 bits per heavy atom. The molecule has 0 saturated carbocycles. The van der Waals surface area contributed by atoms with Crippen LogP contribution in [0.1, 0.15) is 0 Å². The molecule has 25 heavy (non-hydrogen) atoms. The van der Waals surface area contributed by atoms with Gasteiger partial charge >= 0.3 is 0 Å². The van der Waals surface area contributed by atoms with Gasteiger partial charge in [0.25, 0.3) is 0 Å². The number of nitrogens with one attached hydrogen (secondary N) is 1. The minimum Gasteiger partial charge on any atom is -0.365 e. The lowest BCUT2D eigenvalue weighted by Gasteiger charge is -2.15. The van der Waals surface area contributed by atoms with Gasteiger partial charge in [0.1, 0.15) is 5.82 Å². The van der Waals surface area contributed by atoms with Crippen LogP contribution in [0.15, 0.2) is 60.8 Å². The molecule has 0 aliphatic rings. The topological polar surface area (TPSA) is 69.2 Å². The molecule has 0 fully saturated rings. The zero-order valence-corrected chi connectivity index (χ0v) is 14.2. The lowest BCUT2D eigenvalue weighted by atomic mass is 10.2. The van der Waals surface area contributed by atoms with Crippen molar-refractivity contribution >= 4 is 5.82 Å². The van der Waals surface area contributed by atoms with E-state index in [1.807, 2.05) is 54.6 Å². The minimum absolute atomic E-state index is 0.353. The summed E-state index contributed by atoms with van der Waals surface area (Å²) in [6, 6.07) is 17.5. The maximum Gasteiger partial charge on any atom is 0.173 e. The molecule has 3 aromatic rings. The van der Waals surface area contributed by atoms with Gasteiger partial charge in [-0.15, -0.1) is 0 Å². The largest absolute Gasteiger partial charge is 0.365 e. The van der Waals surface area contributed by atoms with Crippen LogP contribution >= 0.6 is 0 Å². The van der Waals surface area contributed by atoms with Crippen molar-refractivity contribution in [2.75, 3.05) is 26.1 Å². The summed E-state index contributed by atoms with van der Waals surface area (Å²) in [5.74, 6) is 1.33. The number of rotatable bonds is 7. The molecule has 0 unspecified atom stereocenters. The first-order valence-corrected chi connectivity index (χ1v) is 7.95. The van der Waals surface area contributed by atoms with Crippen molar-refractivity contribution in [2.45, 2.75) is 6.29 Å². The van der Waals surface area contributed by atoms with Gasteiger partial charge in [0.15, 0.2) is 12.1 Å². The second-order valence-electron chi connectivity index (χ2n) is 5.32. The van der Waals surface area contributed by atoms with Gasteiger partial charge in [-0.3, -0.25) is 4.98 Å². The molecule has 1 N–H and O–H groups in total. The van der Waals surface area contributed by atoms with Crippen LogP contribution in [0.25, 0.3) is 22.8 Å². The molecular weight excluding hydrogens is 316 g/mol. The van der Waals surface area contributed by atoms with Crippen molar-refractivity contribution in [2.24, 2.45) is 0 Å². The molecule has 0 radical (unpaired) electrons. The molecule has 0 atom stereocenters. The van der Waals surface area contributed by atoms with E-state index in [4.69, 9.17) is 9.47 Å². The highest BCUT2D eigenvalue weighted by atomic mass is 16.7. The Morgan fingerprint density at radius 1 is 0.920 bits per heavy atom. The first-order valence-electron chi connectivity index (χ1n) is 7.95. The summed E-state index contributed by atoms with van der Waals surface area (Å²) in [5, 5.41) is 3.24. The first-order chi connectivity index (χ1) is 12.3. The second-order valence-corrected chi connectivity index (χ2v) is 5.32. The van der Waals surface area contributed by atoms with Crippen molar-refractivity contribution < 1.29 is 9.47 Å². The van der Waals surface area contributed by atoms with Gasteiger partial charge in [0.05, 0.1) is 17.9 Å². The number of hydrogen-bond donors (Lipinski definition) is 1. The molecule has 6 nitrogen and oxygen atoms in total. The average Bonchev–Trinajstić information content (AvgIpc) is 2.70. The Labute approximate surface area is 146 Å². The highest BCUT2D eigenvalue weighted by molar-refractivity contribution is 5.65. The number of pyridine rings is 1. The monoisotopic (exact) mass is 336 g/mol. The molecule has 6 heteroatoms. The second kappa shape index (κ2) is 8.32. The zero-order chi connectivity index (χ0) is 17.5. The number of hydrogen-bond acceptors (Lipinski definition) is 6. The Kier molecular flexibility index (Phi) is 5.66. The van der Waals surface area contributed by atoms with Gasteiger partial charge in [0.2, 0.25) is 0 Å². The van der Waals surface area contributed by atoms with Crippen molar-refractivity contribution in [3.8, 4) is 22.8 Å². The van der Waals surface area contributed by atoms with Gasteiger partial charge in [-0.05, 0) is 12.1 Å². The average molecular weight is 336 g/mol. The van der Waals surface area contributed by atoms with Crippen LogP contribution in [0.2, 0.25) is 0 Å². The molecule has 0 aliphatic carbocycles. The fraction of sp³-hybridized carbons (Fsp3) is 0.211. The minimum atomic E-state index is -0.353. The van der Waals surface area contributed by atoms with Crippen LogP contribution < -0.4 is 5.32 Å². The van der Waals surface area contributed by atoms with Gasteiger partial charge in [-0.2, -0.15) is 0 Å². The highest BCUT2D eigenvalue weighted by Gasteiger charge is 2.11. The van der Waals surface area contributed by atoms with Gasteiger partial charge in [0, 0.05) is 32.0 Å². The fourth-order valence-corrected chi connectivity index (χ4v) is 2.35. The molecule has 0 aliphatic heterocycles. The maximum absolute atomic E-state index is 5.21. The number of aromatic nitrogens is 3. The summed E-state index contributed by atoms with van der Waals surface area (Å²) >= 11 is 0. The third kappa shape index (κ3) is 4.37. The van der Waals surface area contributed by atoms with Crippen LogP contribution in [0.5, 0.6) is 0 Å². The van der Waals surface area contributed by atoms with Gasteiger partial charge in [-0.25, -0.2) is 9.97 Å². The lowest BCUT2D eigenvalue weighted by molar-refractivity contribution is -0.0914. The summed E-state index contributed by atoms with van der Waals surface area (Å²) in [6.45, 7) is 0.472. The normalized spacial score (nSPS) is 10.8. The summed E-state index contributed by atoms with van der Waals surface area (Å²) in [7, 11) is 3.20. The van der Waals surface area contributed by atoms with E-state index < -0.39 is 0 Å². The molecule has 0 saturated heterocycles. The van der Waals surface area contributed by atoms with E-state index in [0.29, 0.717) is 18.2 Å². The highest BCUT2D eigenvalue weighted by Crippen LogP contribution is 2.23. The molecule has 2 heterocycles. The first kappa shape index (κ1) is 17.0. The Hall–Kier alpha value is -2.83. The van der Waals surface area contributed by atoms with Gasteiger partial charge < -0.3 is 14.8 Å². The summed E-state index contributed by atoms with van der Waals surface area (Å²) < 4.78 is 10.4. The van der Waals surface area contributed by atoms with Crippen LogP contribution in [-0.4, -0.2) is 42.0 Å². The van der Waals surface area contributed by atoms with Crippen molar-refractivity contribution in [3.63, 3.8) is 0 Å². The number of ether oxygens (including phenoxy) is 2. The Bertz CT molecular complexity index is 735. The third-order valence-corrected chi connectivity index (χ3v) is 3.66. The van der Waals surface area contributed by atoms with Crippen molar-refractivity contribution in [1.82, 2.24) is 15.0 Å². The van der Waals surface area contributed by atoms with Crippen LogP contribution in [0.3, 0.4) is 0 Å². The standard InChI is InChI=1S/C19H20N4O2/c1-24-18(25-2)13-21-17-12-16(15-10-6-7-11-20-15)22-19(23-17)14-8-4-3-5-9-14/h3-12,18H,13H2,1-2H3,(H,21,22,23). The summed E-state index contributed by atoms with van der Waals surface area (Å²) in [4.78, 5) is 13.7. The Balaban J connectivity index is 1.97. The fourth-order valence-electron chi connectivity index (χ4n) is 2.35. The van der Waals surface area contributed by atoms with E-state index in [1.165, 1.54) is 0 Å². The van der Waals surface area contributed by atoms with Crippen LogP contribution in [0, 0.1) is 0 Å². The van der Waals surface area contributed by atoms with E-state index in [1.54, 1.807) is 20.4 Å². The molecule has 3 rings (SSSR count). The maximum atomic E-state index is 5.21. The molecule has 0 spiro atoms. The number of nitrogens with zero attached hydrogens (tertiary/aromatic N) is 3. The number of methoxy groups -OCH3 is 2. The van der Waals surface area contributed by atoms with Crippen molar-refractivity contribution in [1.29, 1.82) is 0 Å². The van der Waals surface area contributed by atoms with Crippen LogP contribution in [0.4, 0.5) is 5.82 Å². The van der Waals surface area contributed by atoms with E-state index in [-0.39, 0.29) is 6.29 Å². The number of anilines is 1. The number of benzene rings is 1. The lowest BCUT2D eigenvalue weighted by Crippen LogP contribution is -2.24. The molecule has 2 aromatic heterocycles.